The molecule has 0 spiro atoms. The lowest BCUT2D eigenvalue weighted by Crippen LogP contribution is -2.38. The Labute approximate surface area is 132 Å². The van der Waals surface area contributed by atoms with Gasteiger partial charge in [0.2, 0.25) is 0 Å². The van der Waals surface area contributed by atoms with E-state index in [9.17, 15) is 9.59 Å². The fraction of sp³-hybridized carbons (Fsp3) is 0.375. The minimum atomic E-state index is -0.724. The molecule has 0 bridgehead atoms. The van der Waals surface area contributed by atoms with E-state index in [0.717, 1.165) is 18.5 Å². The Hall–Kier alpha value is -2.08. The van der Waals surface area contributed by atoms with Crippen LogP contribution >= 0.6 is 11.3 Å². The number of carboxylic acid groups (broad SMARTS) is 1. The number of thiophene rings is 1. The quantitative estimate of drug-likeness (QED) is 0.910. The van der Waals surface area contributed by atoms with E-state index < -0.39 is 5.97 Å². The standard InChI is InChI=1S/C16H18N2O3S/c19-15(17-12-5-3-11(4-6-12)16(20)21)14-13(7-10-22-14)18-8-1-2-9-18/h1-2,7-12H,3-6H2,(H,17,19)(H,20,21). The SMILES string of the molecule is O=C(NC1CCC(C(=O)O)CC1)c1sccc1-n1cccc1. The zero-order valence-electron chi connectivity index (χ0n) is 12.1. The largest absolute Gasteiger partial charge is 0.481 e. The molecule has 3 rings (SSSR count). The van der Waals surface area contributed by atoms with E-state index in [-0.39, 0.29) is 17.9 Å². The number of carbonyl (C=O) groups excluding carboxylic acids is 1. The molecule has 1 aliphatic carbocycles. The van der Waals surface area contributed by atoms with Crippen molar-refractivity contribution in [1.82, 2.24) is 9.88 Å². The maximum atomic E-state index is 12.5. The molecule has 2 heterocycles. The summed E-state index contributed by atoms with van der Waals surface area (Å²) in [6.07, 6.45) is 6.55. The Balaban J connectivity index is 1.64. The number of nitrogens with one attached hydrogen (secondary N) is 1. The van der Waals surface area contributed by atoms with Gasteiger partial charge in [-0.05, 0) is 49.3 Å². The van der Waals surface area contributed by atoms with Crippen LogP contribution in [0.2, 0.25) is 0 Å². The Bertz CT molecular complexity index is 655. The lowest BCUT2D eigenvalue weighted by Gasteiger charge is -2.26. The van der Waals surface area contributed by atoms with Crippen LogP contribution in [0.4, 0.5) is 0 Å². The molecule has 22 heavy (non-hydrogen) atoms. The molecular formula is C16H18N2O3S. The third-order valence-electron chi connectivity index (χ3n) is 4.14. The molecule has 6 heteroatoms. The van der Waals surface area contributed by atoms with Gasteiger partial charge in [-0.1, -0.05) is 0 Å². The topological polar surface area (TPSA) is 71.3 Å². The van der Waals surface area contributed by atoms with E-state index in [2.05, 4.69) is 5.32 Å². The van der Waals surface area contributed by atoms with Crippen LogP contribution in [-0.4, -0.2) is 27.6 Å². The molecule has 0 unspecified atom stereocenters. The smallest absolute Gasteiger partial charge is 0.306 e. The first-order valence-corrected chi connectivity index (χ1v) is 8.27. The van der Waals surface area contributed by atoms with Gasteiger partial charge in [0.25, 0.3) is 5.91 Å². The molecule has 0 aliphatic heterocycles. The summed E-state index contributed by atoms with van der Waals surface area (Å²) in [5, 5.41) is 14.0. The number of carbonyl (C=O) groups is 2. The fourth-order valence-electron chi connectivity index (χ4n) is 2.91. The minimum absolute atomic E-state index is 0.0718. The second kappa shape index (κ2) is 6.36. The van der Waals surface area contributed by atoms with Crippen LogP contribution in [0.5, 0.6) is 0 Å². The van der Waals surface area contributed by atoms with E-state index in [0.29, 0.717) is 17.7 Å². The van der Waals surface area contributed by atoms with E-state index in [1.54, 1.807) is 0 Å². The number of rotatable bonds is 4. The van der Waals surface area contributed by atoms with Gasteiger partial charge < -0.3 is 15.0 Å². The monoisotopic (exact) mass is 318 g/mol. The van der Waals surface area contributed by atoms with Crippen LogP contribution < -0.4 is 5.32 Å². The number of amides is 1. The average Bonchev–Trinajstić information content (AvgIpc) is 3.18. The van der Waals surface area contributed by atoms with Gasteiger partial charge in [-0.15, -0.1) is 11.3 Å². The molecule has 0 radical (unpaired) electrons. The van der Waals surface area contributed by atoms with Crippen molar-refractivity contribution in [3.05, 3.63) is 40.8 Å². The summed E-state index contributed by atoms with van der Waals surface area (Å²) in [4.78, 5) is 24.1. The number of nitrogens with zero attached hydrogens (tertiary/aromatic N) is 1. The van der Waals surface area contributed by atoms with Gasteiger partial charge in [-0.25, -0.2) is 0 Å². The first kappa shape index (κ1) is 14.8. The summed E-state index contributed by atoms with van der Waals surface area (Å²) in [6, 6.07) is 5.85. The maximum absolute atomic E-state index is 12.5. The molecule has 1 fully saturated rings. The Morgan fingerprint density at radius 1 is 1.18 bits per heavy atom. The van der Waals surface area contributed by atoms with Gasteiger partial charge in [-0.2, -0.15) is 0 Å². The molecule has 1 saturated carbocycles. The fourth-order valence-corrected chi connectivity index (χ4v) is 3.70. The van der Waals surface area contributed by atoms with Gasteiger partial charge in [0.05, 0.1) is 11.6 Å². The third-order valence-corrected chi connectivity index (χ3v) is 5.05. The van der Waals surface area contributed by atoms with Crippen LogP contribution in [0.1, 0.15) is 35.4 Å². The summed E-state index contributed by atoms with van der Waals surface area (Å²) < 4.78 is 1.92. The highest BCUT2D eigenvalue weighted by Crippen LogP contribution is 2.26. The Morgan fingerprint density at radius 3 is 2.50 bits per heavy atom. The van der Waals surface area contributed by atoms with Crippen molar-refractivity contribution < 1.29 is 14.7 Å². The average molecular weight is 318 g/mol. The summed E-state index contributed by atoms with van der Waals surface area (Å²) in [7, 11) is 0. The van der Waals surface area contributed by atoms with E-state index in [4.69, 9.17) is 5.11 Å². The van der Waals surface area contributed by atoms with Crippen molar-refractivity contribution in [3.63, 3.8) is 0 Å². The van der Waals surface area contributed by atoms with Crippen LogP contribution in [0.25, 0.3) is 5.69 Å². The lowest BCUT2D eigenvalue weighted by atomic mass is 9.86. The highest BCUT2D eigenvalue weighted by atomic mass is 32.1. The highest BCUT2D eigenvalue weighted by Gasteiger charge is 2.27. The molecule has 2 N–H and O–H groups in total. The lowest BCUT2D eigenvalue weighted by molar-refractivity contribution is -0.142. The van der Waals surface area contributed by atoms with E-state index >= 15 is 0 Å². The predicted molar refractivity (Wildman–Crippen MR) is 84.5 cm³/mol. The van der Waals surface area contributed by atoms with Crippen molar-refractivity contribution in [2.45, 2.75) is 31.7 Å². The van der Waals surface area contributed by atoms with Gasteiger partial charge >= 0.3 is 5.97 Å². The first-order chi connectivity index (χ1) is 10.6. The molecule has 0 atom stereocenters. The van der Waals surface area contributed by atoms with Crippen LogP contribution in [0.15, 0.2) is 36.0 Å². The van der Waals surface area contributed by atoms with Crippen molar-refractivity contribution in [1.29, 1.82) is 0 Å². The molecule has 1 amide bonds. The molecule has 2 aromatic heterocycles. The minimum Gasteiger partial charge on any atom is -0.481 e. The molecule has 1 aliphatic rings. The predicted octanol–water partition coefficient (Wildman–Crippen LogP) is 2.91. The molecule has 116 valence electrons. The van der Waals surface area contributed by atoms with Crippen LogP contribution in [0, 0.1) is 5.92 Å². The van der Waals surface area contributed by atoms with Crippen LogP contribution in [0.3, 0.4) is 0 Å². The van der Waals surface area contributed by atoms with E-state index in [1.165, 1.54) is 11.3 Å². The van der Waals surface area contributed by atoms with Gasteiger partial charge in [0.1, 0.15) is 4.88 Å². The van der Waals surface area contributed by atoms with Crippen molar-refractivity contribution >= 4 is 23.2 Å². The Kier molecular flexibility index (Phi) is 4.29. The van der Waals surface area contributed by atoms with E-state index in [1.807, 2.05) is 40.5 Å². The molecule has 5 nitrogen and oxygen atoms in total. The van der Waals surface area contributed by atoms with Gasteiger partial charge in [-0.3, -0.25) is 9.59 Å². The zero-order valence-corrected chi connectivity index (χ0v) is 12.9. The molecule has 2 aromatic rings. The number of hydrogen-bond donors (Lipinski definition) is 2. The number of carboxylic acids is 1. The summed E-state index contributed by atoms with van der Waals surface area (Å²) in [5.74, 6) is -1.05. The second-order valence-corrected chi connectivity index (χ2v) is 6.50. The van der Waals surface area contributed by atoms with Crippen molar-refractivity contribution in [2.75, 3.05) is 0 Å². The molecular weight excluding hydrogens is 300 g/mol. The van der Waals surface area contributed by atoms with Crippen LogP contribution in [-0.2, 0) is 4.79 Å². The van der Waals surface area contributed by atoms with Gasteiger partial charge in [0.15, 0.2) is 0 Å². The maximum Gasteiger partial charge on any atom is 0.306 e. The van der Waals surface area contributed by atoms with Crippen molar-refractivity contribution in [2.24, 2.45) is 5.92 Å². The van der Waals surface area contributed by atoms with Gasteiger partial charge in [0, 0.05) is 18.4 Å². The van der Waals surface area contributed by atoms with Crippen molar-refractivity contribution in [3.8, 4) is 5.69 Å². The summed E-state index contributed by atoms with van der Waals surface area (Å²) in [5.41, 5.74) is 0.881. The zero-order chi connectivity index (χ0) is 15.5. The normalized spacial score (nSPS) is 21.5. The number of hydrogen-bond acceptors (Lipinski definition) is 3. The number of aliphatic carboxylic acids is 1. The second-order valence-electron chi connectivity index (χ2n) is 5.59. The first-order valence-electron chi connectivity index (χ1n) is 7.39. The third kappa shape index (κ3) is 3.06. The summed E-state index contributed by atoms with van der Waals surface area (Å²) >= 11 is 1.42. The number of aromatic nitrogens is 1. The summed E-state index contributed by atoms with van der Waals surface area (Å²) in [6.45, 7) is 0. The molecule has 0 aromatic carbocycles. The Morgan fingerprint density at radius 2 is 1.86 bits per heavy atom. The highest BCUT2D eigenvalue weighted by molar-refractivity contribution is 7.12. The molecule has 0 saturated heterocycles.